The van der Waals surface area contributed by atoms with Gasteiger partial charge in [0.25, 0.3) is 0 Å². The summed E-state index contributed by atoms with van der Waals surface area (Å²) in [4.78, 5) is 11.9. The van der Waals surface area contributed by atoms with Crippen molar-refractivity contribution in [2.75, 3.05) is 14.2 Å². The first-order chi connectivity index (χ1) is 11.1. The number of nitrogens with one attached hydrogen (secondary N) is 1. The van der Waals surface area contributed by atoms with Crippen LogP contribution in [0.15, 0.2) is 48.5 Å². The zero-order valence-electron chi connectivity index (χ0n) is 13.0. The summed E-state index contributed by atoms with van der Waals surface area (Å²) >= 11 is 5.91. The lowest BCUT2D eigenvalue weighted by molar-refractivity contribution is -0.116. The molecule has 0 heterocycles. The van der Waals surface area contributed by atoms with E-state index in [-0.39, 0.29) is 5.91 Å². The number of benzene rings is 2. The molecule has 2 aromatic rings. The molecule has 0 aromatic heterocycles. The fraction of sp³-hybridized carbons (Fsp3) is 0.167. The van der Waals surface area contributed by atoms with Crippen LogP contribution in [0, 0.1) is 0 Å². The Labute approximate surface area is 140 Å². The second kappa shape index (κ2) is 8.25. The average Bonchev–Trinajstić information content (AvgIpc) is 2.57. The van der Waals surface area contributed by atoms with E-state index in [1.165, 1.54) is 6.08 Å². The molecule has 0 saturated heterocycles. The van der Waals surface area contributed by atoms with Crippen molar-refractivity contribution < 1.29 is 14.3 Å². The minimum Gasteiger partial charge on any atom is -0.493 e. The van der Waals surface area contributed by atoms with Gasteiger partial charge in [-0.25, -0.2) is 0 Å². The van der Waals surface area contributed by atoms with Crippen LogP contribution in [0.3, 0.4) is 0 Å². The Balaban J connectivity index is 1.95. The number of hydrogen-bond acceptors (Lipinski definition) is 3. The summed E-state index contributed by atoms with van der Waals surface area (Å²) in [5.74, 6) is 1.09. The molecule has 0 spiro atoms. The second-order valence-corrected chi connectivity index (χ2v) is 5.23. The molecule has 2 aromatic carbocycles. The maximum Gasteiger partial charge on any atom is 0.244 e. The Morgan fingerprint density at radius 2 is 1.91 bits per heavy atom. The SMILES string of the molecule is COc1ccc(/C=C/C(=O)NCc2cccc(Cl)c2)cc1OC. The number of halogens is 1. The zero-order valence-corrected chi connectivity index (χ0v) is 13.8. The maximum absolute atomic E-state index is 11.9. The second-order valence-electron chi connectivity index (χ2n) is 4.80. The van der Waals surface area contributed by atoms with Gasteiger partial charge in [0.1, 0.15) is 0 Å². The van der Waals surface area contributed by atoms with Gasteiger partial charge in [0.15, 0.2) is 11.5 Å². The fourth-order valence-corrected chi connectivity index (χ4v) is 2.24. The molecule has 0 fully saturated rings. The Morgan fingerprint density at radius 1 is 1.13 bits per heavy atom. The Bertz CT molecular complexity index is 713. The lowest BCUT2D eigenvalue weighted by Gasteiger charge is -2.07. The molecule has 0 unspecified atom stereocenters. The summed E-state index contributed by atoms with van der Waals surface area (Å²) in [6.07, 6.45) is 3.20. The monoisotopic (exact) mass is 331 g/mol. The topological polar surface area (TPSA) is 47.6 Å². The summed E-state index contributed by atoms with van der Waals surface area (Å²) < 4.78 is 10.4. The van der Waals surface area contributed by atoms with Crippen LogP contribution in [0.25, 0.3) is 6.08 Å². The first kappa shape index (κ1) is 16.9. The van der Waals surface area contributed by atoms with Crippen molar-refractivity contribution in [3.05, 3.63) is 64.7 Å². The minimum absolute atomic E-state index is 0.181. The van der Waals surface area contributed by atoms with E-state index in [1.54, 1.807) is 38.5 Å². The van der Waals surface area contributed by atoms with Crippen molar-refractivity contribution >= 4 is 23.6 Å². The molecule has 0 atom stereocenters. The molecule has 0 saturated carbocycles. The van der Waals surface area contributed by atoms with Crippen LogP contribution in [0.1, 0.15) is 11.1 Å². The van der Waals surface area contributed by atoms with E-state index in [9.17, 15) is 4.79 Å². The summed E-state index contributed by atoms with van der Waals surface area (Å²) in [7, 11) is 3.15. The third kappa shape index (κ3) is 5.04. The van der Waals surface area contributed by atoms with Gasteiger partial charge in [-0.3, -0.25) is 4.79 Å². The highest BCUT2D eigenvalue weighted by atomic mass is 35.5. The van der Waals surface area contributed by atoms with Crippen LogP contribution in [-0.4, -0.2) is 20.1 Å². The molecule has 0 bridgehead atoms. The number of carbonyl (C=O) groups is 1. The Hall–Kier alpha value is -2.46. The molecule has 5 heteroatoms. The molecule has 1 amide bonds. The molecule has 0 aliphatic rings. The largest absolute Gasteiger partial charge is 0.493 e. The van der Waals surface area contributed by atoms with Gasteiger partial charge in [-0.2, -0.15) is 0 Å². The fourth-order valence-electron chi connectivity index (χ4n) is 2.02. The van der Waals surface area contributed by atoms with E-state index in [4.69, 9.17) is 21.1 Å². The van der Waals surface area contributed by atoms with Gasteiger partial charge >= 0.3 is 0 Å². The molecule has 0 radical (unpaired) electrons. The van der Waals surface area contributed by atoms with Gasteiger partial charge in [0.2, 0.25) is 5.91 Å². The molecule has 0 aliphatic heterocycles. The number of hydrogen-bond donors (Lipinski definition) is 1. The quantitative estimate of drug-likeness (QED) is 0.821. The van der Waals surface area contributed by atoms with E-state index < -0.39 is 0 Å². The van der Waals surface area contributed by atoms with Crippen LogP contribution in [0.5, 0.6) is 11.5 Å². The van der Waals surface area contributed by atoms with Gasteiger partial charge in [-0.05, 0) is 41.5 Å². The first-order valence-corrected chi connectivity index (χ1v) is 7.42. The molecular formula is C18H18ClNO3. The summed E-state index contributed by atoms with van der Waals surface area (Å²) in [5, 5.41) is 3.46. The van der Waals surface area contributed by atoms with E-state index in [1.807, 2.05) is 24.3 Å². The van der Waals surface area contributed by atoms with Crippen LogP contribution in [-0.2, 0) is 11.3 Å². The highest BCUT2D eigenvalue weighted by Gasteiger charge is 2.03. The van der Waals surface area contributed by atoms with E-state index in [2.05, 4.69) is 5.32 Å². The molecule has 23 heavy (non-hydrogen) atoms. The average molecular weight is 332 g/mol. The van der Waals surface area contributed by atoms with Crippen molar-refractivity contribution in [3.8, 4) is 11.5 Å². The molecule has 2 rings (SSSR count). The van der Waals surface area contributed by atoms with E-state index in [0.29, 0.717) is 23.1 Å². The summed E-state index contributed by atoms with van der Waals surface area (Å²) in [5.41, 5.74) is 1.80. The molecule has 1 N–H and O–H groups in total. The van der Waals surface area contributed by atoms with Crippen LogP contribution in [0.4, 0.5) is 0 Å². The normalized spacial score (nSPS) is 10.6. The van der Waals surface area contributed by atoms with E-state index in [0.717, 1.165) is 11.1 Å². The van der Waals surface area contributed by atoms with Gasteiger partial charge < -0.3 is 14.8 Å². The highest BCUT2D eigenvalue weighted by Crippen LogP contribution is 2.27. The Morgan fingerprint density at radius 3 is 2.61 bits per heavy atom. The predicted molar refractivity (Wildman–Crippen MR) is 91.9 cm³/mol. The van der Waals surface area contributed by atoms with Crippen LogP contribution < -0.4 is 14.8 Å². The maximum atomic E-state index is 11.9. The van der Waals surface area contributed by atoms with Gasteiger partial charge in [0, 0.05) is 17.6 Å². The summed E-state index contributed by atoms with van der Waals surface area (Å²) in [6, 6.07) is 12.8. The van der Waals surface area contributed by atoms with Crippen molar-refractivity contribution in [2.24, 2.45) is 0 Å². The zero-order chi connectivity index (χ0) is 16.7. The summed E-state index contributed by atoms with van der Waals surface area (Å²) in [6.45, 7) is 0.426. The van der Waals surface area contributed by atoms with Crippen molar-refractivity contribution in [3.63, 3.8) is 0 Å². The number of carbonyl (C=O) groups excluding carboxylic acids is 1. The number of methoxy groups -OCH3 is 2. The lowest BCUT2D eigenvalue weighted by atomic mass is 10.2. The van der Waals surface area contributed by atoms with Gasteiger partial charge in [-0.15, -0.1) is 0 Å². The van der Waals surface area contributed by atoms with Crippen LogP contribution >= 0.6 is 11.6 Å². The molecular weight excluding hydrogens is 314 g/mol. The van der Waals surface area contributed by atoms with Crippen molar-refractivity contribution in [1.29, 1.82) is 0 Å². The molecule has 4 nitrogen and oxygen atoms in total. The Kier molecular flexibility index (Phi) is 6.06. The van der Waals surface area contributed by atoms with Gasteiger partial charge in [-0.1, -0.05) is 29.8 Å². The first-order valence-electron chi connectivity index (χ1n) is 7.05. The number of rotatable bonds is 6. The number of ether oxygens (including phenoxy) is 2. The van der Waals surface area contributed by atoms with E-state index >= 15 is 0 Å². The van der Waals surface area contributed by atoms with Crippen molar-refractivity contribution in [1.82, 2.24) is 5.32 Å². The standard InChI is InChI=1S/C18H18ClNO3/c1-22-16-8-6-13(11-17(16)23-2)7-9-18(21)20-12-14-4-3-5-15(19)10-14/h3-11H,12H2,1-2H3,(H,20,21)/b9-7+. The van der Waals surface area contributed by atoms with Crippen molar-refractivity contribution in [2.45, 2.75) is 6.54 Å². The predicted octanol–water partition coefficient (Wildman–Crippen LogP) is 3.69. The minimum atomic E-state index is -0.181. The lowest BCUT2D eigenvalue weighted by Crippen LogP contribution is -2.20. The smallest absolute Gasteiger partial charge is 0.244 e. The van der Waals surface area contributed by atoms with Gasteiger partial charge in [0.05, 0.1) is 14.2 Å². The highest BCUT2D eigenvalue weighted by molar-refractivity contribution is 6.30. The third-order valence-electron chi connectivity index (χ3n) is 3.19. The number of amides is 1. The molecule has 120 valence electrons. The van der Waals surface area contributed by atoms with Crippen LogP contribution in [0.2, 0.25) is 5.02 Å². The third-order valence-corrected chi connectivity index (χ3v) is 3.43. The molecule has 0 aliphatic carbocycles.